The predicted octanol–water partition coefficient (Wildman–Crippen LogP) is 4.73. The fraction of sp³-hybridized carbons (Fsp3) is 0.615. The number of hydrogen-bond acceptors (Lipinski definition) is 5. The zero-order chi connectivity index (χ0) is 22.1. The molecule has 0 spiro atoms. The Morgan fingerprint density at radius 3 is 2.66 bits per heavy atom. The largest absolute Gasteiger partial charge is 0.458 e. The van der Waals surface area contributed by atoms with Crippen LogP contribution in [0.3, 0.4) is 0 Å². The third-order valence-electron chi connectivity index (χ3n) is 9.83. The molecule has 0 aliphatic heterocycles. The van der Waals surface area contributed by atoms with E-state index in [0.717, 1.165) is 44.2 Å². The van der Waals surface area contributed by atoms with Gasteiger partial charge in [-0.2, -0.15) is 15.4 Å². The quantitative estimate of drug-likeness (QED) is 0.692. The average molecular weight is 434 g/mol. The first-order valence-electron chi connectivity index (χ1n) is 12.1. The molecular formula is C26H31N3O3. The molecule has 1 aromatic heterocycles. The Labute approximate surface area is 188 Å². The molecule has 3 saturated carbocycles. The van der Waals surface area contributed by atoms with Crippen LogP contribution in [0.5, 0.6) is 0 Å². The third-order valence-corrected chi connectivity index (χ3v) is 9.83. The lowest BCUT2D eigenvalue weighted by molar-refractivity contribution is -0.0886. The highest BCUT2D eigenvalue weighted by atomic mass is 16.5. The summed E-state index contributed by atoms with van der Waals surface area (Å²) in [4.78, 5) is 25.4. The summed E-state index contributed by atoms with van der Waals surface area (Å²) in [6.45, 7) is 4.69. The van der Waals surface area contributed by atoms with Gasteiger partial charge in [-0.1, -0.05) is 32.0 Å². The number of hydrogen-bond donors (Lipinski definition) is 1. The van der Waals surface area contributed by atoms with Gasteiger partial charge in [0.05, 0.1) is 11.3 Å². The van der Waals surface area contributed by atoms with Gasteiger partial charge >= 0.3 is 5.97 Å². The SMILES string of the molecule is C[C@]12CC[C@H]3[C@@H](CC[C@H]4CC(=O)c5n[nH]nc5[C@@]43C)[C@@H]1CC[C@@H]2OC(=O)c1ccccc1. The van der Waals surface area contributed by atoms with E-state index in [1.54, 1.807) is 0 Å². The van der Waals surface area contributed by atoms with Crippen LogP contribution in [0.1, 0.15) is 85.3 Å². The number of H-pyrrole nitrogens is 1. The van der Waals surface area contributed by atoms with Crippen molar-refractivity contribution in [2.45, 2.75) is 70.3 Å². The van der Waals surface area contributed by atoms with Crippen molar-refractivity contribution < 1.29 is 14.3 Å². The van der Waals surface area contributed by atoms with E-state index in [1.165, 1.54) is 0 Å². The van der Waals surface area contributed by atoms with Gasteiger partial charge in [0.2, 0.25) is 0 Å². The van der Waals surface area contributed by atoms with Gasteiger partial charge in [0.1, 0.15) is 6.10 Å². The van der Waals surface area contributed by atoms with Crippen LogP contribution < -0.4 is 0 Å². The maximum absolute atomic E-state index is 12.8. The molecule has 6 heteroatoms. The molecule has 6 rings (SSSR count). The van der Waals surface area contributed by atoms with E-state index in [0.29, 0.717) is 41.3 Å². The molecule has 4 aliphatic carbocycles. The number of benzene rings is 1. The van der Waals surface area contributed by atoms with Gasteiger partial charge in [-0.3, -0.25) is 4.79 Å². The number of carbonyl (C=O) groups is 2. The summed E-state index contributed by atoms with van der Waals surface area (Å²) < 4.78 is 6.13. The van der Waals surface area contributed by atoms with Crippen LogP contribution in [-0.4, -0.2) is 33.3 Å². The van der Waals surface area contributed by atoms with Crippen LogP contribution in [0.25, 0.3) is 0 Å². The molecule has 168 valence electrons. The Hall–Kier alpha value is -2.50. The summed E-state index contributed by atoms with van der Waals surface area (Å²) in [6.07, 6.45) is 6.98. The molecule has 1 aromatic carbocycles. The number of aromatic nitrogens is 3. The smallest absolute Gasteiger partial charge is 0.338 e. The number of esters is 1. The molecule has 4 aliphatic rings. The summed E-state index contributed by atoms with van der Waals surface area (Å²) >= 11 is 0. The highest BCUT2D eigenvalue weighted by Crippen LogP contribution is 2.65. The van der Waals surface area contributed by atoms with Gasteiger partial charge < -0.3 is 4.74 Å². The van der Waals surface area contributed by atoms with Gasteiger partial charge in [0, 0.05) is 17.3 Å². The number of ether oxygens (including phenoxy) is 1. The van der Waals surface area contributed by atoms with Crippen LogP contribution in [0.15, 0.2) is 30.3 Å². The molecule has 0 radical (unpaired) electrons. The number of nitrogens with one attached hydrogen (secondary N) is 1. The van der Waals surface area contributed by atoms with Crippen LogP contribution in [0.2, 0.25) is 0 Å². The van der Waals surface area contributed by atoms with E-state index in [4.69, 9.17) is 4.74 Å². The molecule has 1 N–H and O–H groups in total. The Morgan fingerprint density at radius 1 is 1.03 bits per heavy atom. The Bertz CT molecular complexity index is 1070. The summed E-state index contributed by atoms with van der Waals surface area (Å²) in [5, 5.41) is 11.5. The minimum atomic E-state index is -0.201. The molecular weight excluding hydrogens is 402 g/mol. The summed E-state index contributed by atoms with van der Waals surface area (Å²) in [5.41, 5.74) is 2.03. The van der Waals surface area contributed by atoms with Crippen molar-refractivity contribution in [1.29, 1.82) is 0 Å². The van der Waals surface area contributed by atoms with Crippen molar-refractivity contribution in [3.8, 4) is 0 Å². The highest BCUT2D eigenvalue weighted by molar-refractivity contribution is 5.97. The predicted molar refractivity (Wildman–Crippen MR) is 118 cm³/mol. The van der Waals surface area contributed by atoms with Crippen LogP contribution in [0.4, 0.5) is 0 Å². The van der Waals surface area contributed by atoms with E-state index < -0.39 is 0 Å². The van der Waals surface area contributed by atoms with Crippen molar-refractivity contribution in [2.24, 2.45) is 29.1 Å². The van der Waals surface area contributed by atoms with Crippen LogP contribution in [0, 0.1) is 29.1 Å². The van der Waals surface area contributed by atoms with Crippen molar-refractivity contribution in [1.82, 2.24) is 15.4 Å². The number of aromatic amines is 1. The number of rotatable bonds is 2. The summed E-state index contributed by atoms with van der Waals surface area (Å²) in [5.74, 6) is 1.91. The molecule has 1 heterocycles. The maximum Gasteiger partial charge on any atom is 0.338 e. The van der Waals surface area contributed by atoms with E-state index in [2.05, 4.69) is 29.3 Å². The van der Waals surface area contributed by atoms with Gasteiger partial charge in [0.25, 0.3) is 0 Å². The number of nitrogens with zero attached hydrogens (tertiary/aromatic N) is 2. The third kappa shape index (κ3) is 2.64. The fourth-order valence-corrected chi connectivity index (χ4v) is 8.15. The van der Waals surface area contributed by atoms with Crippen LogP contribution in [-0.2, 0) is 10.2 Å². The number of carbonyl (C=O) groups excluding carboxylic acids is 2. The van der Waals surface area contributed by atoms with E-state index in [1.807, 2.05) is 30.3 Å². The Morgan fingerprint density at radius 2 is 1.84 bits per heavy atom. The minimum absolute atomic E-state index is 0.0198. The van der Waals surface area contributed by atoms with Crippen molar-refractivity contribution in [3.05, 3.63) is 47.3 Å². The van der Waals surface area contributed by atoms with E-state index >= 15 is 0 Å². The topological polar surface area (TPSA) is 84.9 Å². The van der Waals surface area contributed by atoms with Gasteiger partial charge in [-0.25, -0.2) is 4.79 Å². The van der Waals surface area contributed by atoms with Gasteiger partial charge in [0.15, 0.2) is 11.5 Å². The molecule has 0 bridgehead atoms. The first-order chi connectivity index (χ1) is 15.4. The molecule has 0 saturated heterocycles. The molecule has 6 nitrogen and oxygen atoms in total. The maximum atomic E-state index is 12.8. The lowest BCUT2D eigenvalue weighted by Crippen LogP contribution is -2.56. The monoisotopic (exact) mass is 433 g/mol. The average Bonchev–Trinajstić information content (AvgIpc) is 3.42. The number of ketones is 1. The zero-order valence-electron chi connectivity index (χ0n) is 18.8. The van der Waals surface area contributed by atoms with Gasteiger partial charge in [-0.05, 0) is 74.3 Å². The second kappa shape index (κ2) is 7.00. The minimum Gasteiger partial charge on any atom is -0.458 e. The van der Waals surface area contributed by atoms with E-state index in [-0.39, 0.29) is 28.7 Å². The lowest BCUT2D eigenvalue weighted by atomic mass is 9.45. The van der Waals surface area contributed by atoms with Crippen LogP contribution >= 0.6 is 0 Å². The van der Waals surface area contributed by atoms with Gasteiger partial charge in [-0.15, -0.1) is 0 Å². The fourth-order valence-electron chi connectivity index (χ4n) is 8.15. The molecule has 2 aromatic rings. The normalized spacial score (nSPS) is 40.1. The van der Waals surface area contributed by atoms with Crippen molar-refractivity contribution >= 4 is 11.8 Å². The molecule has 32 heavy (non-hydrogen) atoms. The molecule has 7 atom stereocenters. The molecule has 0 amide bonds. The summed E-state index contributed by atoms with van der Waals surface area (Å²) in [7, 11) is 0. The Kier molecular flexibility index (Phi) is 4.40. The Balaban J connectivity index is 1.28. The lowest BCUT2D eigenvalue weighted by Gasteiger charge is -2.59. The highest BCUT2D eigenvalue weighted by Gasteiger charge is 2.63. The van der Waals surface area contributed by atoms with E-state index in [9.17, 15) is 9.59 Å². The van der Waals surface area contributed by atoms with Crippen molar-refractivity contribution in [3.63, 3.8) is 0 Å². The number of Topliss-reactive ketones (excluding diaryl/α,β-unsaturated/α-hetero) is 1. The first kappa shape index (κ1) is 20.1. The number of fused-ring (bicyclic) bond motifs is 7. The standard InChI is InChI=1S/C26H31N3O3/c1-25-13-12-19-17(9-8-16-14-20(30)22-23(26(16,19)2)28-29-27-22)18(25)10-11-21(25)32-24(31)15-6-4-3-5-7-15/h3-7,16-19,21H,8-14H2,1-2H3,(H,27,28,29)/t16-,17-,18-,19-,21-,25-,26-/m0/s1. The zero-order valence-corrected chi connectivity index (χ0v) is 18.8. The van der Waals surface area contributed by atoms with Crippen molar-refractivity contribution in [2.75, 3.05) is 0 Å². The second-order valence-electron chi connectivity index (χ2n) is 11.0. The second-order valence-corrected chi connectivity index (χ2v) is 11.0. The summed E-state index contributed by atoms with van der Waals surface area (Å²) in [6, 6.07) is 9.34. The molecule has 3 fully saturated rings. The first-order valence-corrected chi connectivity index (χ1v) is 12.1. The molecule has 0 unspecified atom stereocenters.